The Morgan fingerprint density at radius 3 is 1.25 bits per heavy atom. The van der Waals surface area contributed by atoms with Crippen LogP contribution in [0.5, 0.6) is 0 Å². The van der Waals surface area contributed by atoms with Crippen molar-refractivity contribution >= 4 is 13.7 Å². The van der Waals surface area contributed by atoms with Crippen molar-refractivity contribution in [3.8, 4) is 0 Å². The predicted octanol–water partition coefficient (Wildman–Crippen LogP) is 17.9. The molecule has 0 aromatic rings. The van der Waals surface area contributed by atoms with Crippen LogP contribution in [0.2, 0.25) is 0 Å². The third-order valence-electron chi connectivity index (χ3n) is 13.3. The average Bonchev–Trinajstić information content (AvgIpc) is 3.31. The number of aliphatic hydroxyl groups is 1. The molecule has 0 aliphatic heterocycles. The van der Waals surface area contributed by atoms with E-state index >= 15 is 0 Å². The first-order valence-corrected chi connectivity index (χ1v) is 31.0. The molecule has 0 spiro atoms. The van der Waals surface area contributed by atoms with Crippen molar-refractivity contribution in [1.82, 2.24) is 5.32 Å². The Kier molecular flexibility index (Phi) is 50.2. The van der Waals surface area contributed by atoms with E-state index < -0.39 is 20.0 Å². The largest absolute Gasteiger partial charge is 0.472 e. The fourth-order valence-electron chi connectivity index (χ4n) is 8.62. The van der Waals surface area contributed by atoms with Gasteiger partial charge in [-0.15, -0.1) is 0 Å². The molecule has 3 atom stereocenters. The van der Waals surface area contributed by atoms with E-state index in [2.05, 4.69) is 55.6 Å². The maximum Gasteiger partial charge on any atom is 0.472 e. The number of phosphoric ester groups is 1. The molecule has 0 fully saturated rings. The van der Waals surface area contributed by atoms with Crippen molar-refractivity contribution in [2.24, 2.45) is 0 Å². The van der Waals surface area contributed by atoms with Crippen molar-refractivity contribution in [2.45, 2.75) is 289 Å². The Bertz CT molecular complexity index is 1260. The van der Waals surface area contributed by atoms with Crippen LogP contribution in [0.25, 0.3) is 0 Å². The fourth-order valence-corrected chi connectivity index (χ4v) is 9.36. The van der Waals surface area contributed by atoms with Crippen LogP contribution in [-0.2, 0) is 18.4 Å². The van der Waals surface area contributed by atoms with Gasteiger partial charge in [0.25, 0.3) is 0 Å². The third-order valence-corrected chi connectivity index (χ3v) is 14.3. The maximum atomic E-state index is 13.0. The van der Waals surface area contributed by atoms with Gasteiger partial charge in [-0.1, -0.05) is 255 Å². The minimum absolute atomic E-state index is 0.0558. The van der Waals surface area contributed by atoms with Crippen LogP contribution in [0.4, 0.5) is 0 Å². The van der Waals surface area contributed by atoms with Crippen LogP contribution in [0.15, 0.2) is 48.6 Å². The number of aliphatic hydroxyl groups excluding tert-OH is 1. The van der Waals surface area contributed by atoms with Gasteiger partial charge in [0.05, 0.1) is 39.9 Å². The van der Waals surface area contributed by atoms with Crippen molar-refractivity contribution in [3.05, 3.63) is 48.6 Å². The van der Waals surface area contributed by atoms with Gasteiger partial charge in [-0.3, -0.25) is 13.8 Å². The van der Waals surface area contributed by atoms with Crippen LogP contribution in [0.1, 0.15) is 277 Å². The first kappa shape index (κ1) is 67.5. The molecule has 9 heteroatoms. The number of phosphoric acid groups is 1. The smallest absolute Gasteiger partial charge is 0.387 e. The number of nitrogens with zero attached hydrogens (tertiary/aromatic N) is 1. The van der Waals surface area contributed by atoms with Gasteiger partial charge in [-0.05, 0) is 64.2 Å². The van der Waals surface area contributed by atoms with Crippen molar-refractivity contribution in [1.29, 1.82) is 0 Å². The van der Waals surface area contributed by atoms with E-state index in [1.807, 2.05) is 27.2 Å². The highest BCUT2D eigenvalue weighted by atomic mass is 31.2. The zero-order valence-electron chi connectivity index (χ0n) is 46.3. The van der Waals surface area contributed by atoms with Gasteiger partial charge in [0.2, 0.25) is 5.91 Å². The lowest BCUT2D eigenvalue weighted by atomic mass is 10.0. The molecular formula is C60H116N2O6P+. The number of rotatable bonds is 54. The van der Waals surface area contributed by atoms with Crippen LogP contribution in [0.3, 0.4) is 0 Å². The highest BCUT2D eigenvalue weighted by Crippen LogP contribution is 2.43. The Morgan fingerprint density at radius 1 is 0.493 bits per heavy atom. The summed E-state index contributed by atoms with van der Waals surface area (Å²) in [6.45, 7) is 4.82. The van der Waals surface area contributed by atoms with Gasteiger partial charge in [0.1, 0.15) is 13.2 Å². The van der Waals surface area contributed by atoms with E-state index in [1.165, 1.54) is 212 Å². The molecule has 0 saturated heterocycles. The molecule has 0 bridgehead atoms. The minimum Gasteiger partial charge on any atom is -0.387 e. The van der Waals surface area contributed by atoms with E-state index in [0.717, 1.165) is 44.9 Å². The number of amides is 1. The summed E-state index contributed by atoms with van der Waals surface area (Å²) in [6.07, 6.45) is 67.9. The molecule has 69 heavy (non-hydrogen) atoms. The summed E-state index contributed by atoms with van der Waals surface area (Å²) < 4.78 is 23.7. The molecule has 0 aromatic heterocycles. The molecule has 0 rings (SSSR count). The monoisotopic (exact) mass is 992 g/mol. The Labute approximate surface area is 429 Å². The number of likely N-dealkylation sites (N-methyl/N-ethyl adjacent to an activating group) is 1. The molecule has 3 N–H and O–H groups in total. The molecule has 406 valence electrons. The summed E-state index contributed by atoms with van der Waals surface area (Å²) in [7, 11) is 1.56. The van der Waals surface area contributed by atoms with Gasteiger partial charge in [-0.2, -0.15) is 0 Å². The molecule has 0 aliphatic rings. The topological polar surface area (TPSA) is 105 Å². The summed E-state index contributed by atoms with van der Waals surface area (Å²) in [4.78, 5) is 23.3. The second kappa shape index (κ2) is 51.4. The Balaban J connectivity index is 4.18. The van der Waals surface area contributed by atoms with Crippen molar-refractivity contribution < 1.29 is 32.9 Å². The third kappa shape index (κ3) is 54.1. The quantitative estimate of drug-likeness (QED) is 0.0243. The summed E-state index contributed by atoms with van der Waals surface area (Å²) in [5.74, 6) is -0.186. The van der Waals surface area contributed by atoms with Crippen LogP contribution in [0, 0.1) is 0 Å². The summed E-state index contributed by atoms with van der Waals surface area (Å²) >= 11 is 0. The molecule has 0 aromatic carbocycles. The van der Waals surface area contributed by atoms with E-state index in [-0.39, 0.29) is 19.1 Å². The molecule has 0 aliphatic carbocycles. The molecule has 0 radical (unpaired) electrons. The lowest BCUT2D eigenvalue weighted by molar-refractivity contribution is -0.870. The standard InChI is InChI=1S/C60H115N2O6P/c1-6-8-10-12-14-16-18-20-22-24-26-27-28-29-30-31-32-33-34-35-36-38-40-42-44-46-48-50-52-54-60(64)61-58(57-68-69(65,66)67-56-55-62(3,4)5)59(63)53-51-49-47-45-43-41-39-37-25-23-21-19-17-15-13-11-9-7-2/h26-27,29-30,43,45,51,53,58-59,63H,6-25,28,31-42,44,46-50,52,54-57H2,1-5H3,(H-,61,64,65,66)/p+1/b27-26-,30-29-,45-43+,53-51+. The van der Waals surface area contributed by atoms with Gasteiger partial charge in [0, 0.05) is 6.42 Å². The lowest BCUT2D eigenvalue weighted by Crippen LogP contribution is -2.45. The zero-order chi connectivity index (χ0) is 50.6. The maximum absolute atomic E-state index is 13.0. The number of quaternary nitrogens is 1. The molecule has 1 amide bonds. The highest BCUT2D eigenvalue weighted by molar-refractivity contribution is 7.47. The van der Waals surface area contributed by atoms with Gasteiger partial charge in [-0.25, -0.2) is 4.57 Å². The summed E-state index contributed by atoms with van der Waals surface area (Å²) in [6, 6.07) is -0.865. The average molecular weight is 993 g/mol. The van der Waals surface area contributed by atoms with Crippen LogP contribution >= 0.6 is 7.82 Å². The Hall–Kier alpha value is -1.54. The van der Waals surface area contributed by atoms with Crippen molar-refractivity contribution in [2.75, 3.05) is 40.9 Å². The summed E-state index contributed by atoms with van der Waals surface area (Å²) in [5.41, 5.74) is 0. The first-order valence-electron chi connectivity index (χ1n) is 29.5. The van der Waals surface area contributed by atoms with E-state index in [4.69, 9.17) is 9.05 Å². The number of allylic oxidation sites excluding steroid dienone is 7. The van der Waals surface area contributed by atoms with Gasteiger partial charge < -0.3 is 19.8 Å². The lowest BCUT2D eigenvalue weighted by Gasteiger charge is -2.25. The molecule has 8 nitrogen and oxygen atoms in total. The number of hydrogen-bond donors (Lipinski definition) is 3. The number of hydrogen-bond acceptors (Lipinski definition) is 5. The predicted molar refractivity (Wildman–Crippen MR) is 300 cm³/mol. The number of nitrogens with one attached hydrogen (secondary N) is 1. The number of unbranched alkanes of at least 4 members (excludes halogenated alkanes) is 35. The molecule has 3 unspecified atom stereocenters. The number of carbonyl (C=O) groups is 1. The zero-order valence-corrected chi connectivity index (χ0v) is 47.2. The van der Waals surface area contributed by atoms with Gasteiger partial charge in [0.15, 0.2) is 0 Å². The number of carbonyl (C=O) groups excluding carboxylic acids is 1. The first-order chi connectivity index (χ1) is 33.5. The van der Waals surface area contributed by atoms with Crippen LogP contribution in [-0.4, -0.2) is 73.4 Å². The second-order valence-electron chi connectivity index (χ2n) is 21.4. The van der Waals surface area contributed by atoms with Crippen LogP contribution < -0.4 is 5.32 Å². The molecule has 0 saturated carbocycles. The van der Waals surface area contributed by atoms with E-state index in [1.54, 1.807) is 6.08 Å². The normalized spacial score (nSPS) is 14.2. The highest BCUT2D eigenvalue weighted by Gasteiger charge is 2.27. The molecular weight excluding hydrogens is 876 g/mol. The van der Waals surface area contributed by atoms with Gasteiger partial charge >= 0.3 is 7.82 Å². The SMILES string of the molecule is CCCCCCCCCCC/C=C\C/C=C\CCCCCCCCCCCCCCCC(=O)NC(COP(=O)(O)OCC[N+](C)(C)C)C(O)/C=C/CC/C=C/CCCCCCCCCCCCCC. The Morgan fingerprint density at radius 2 is 0.841 bits per heavy atom. The van der Waals surface area contributed by atoms with E-state index in [9.17, 15) is 19.4 Å². The minimum atomic E-state index is -4.36. The van der Waals surface area contributed by atoms with E-state index in [0.29, 0.717) is 17.4 Å². The second-order valence-corrected chi connectivity index (χ2v) is 22.8. The summed E-state index contributed by atoms with van der Waals surface area (Å²) in [5, 5.41) is 13.9. The molecule has 0 heterocycles. The fraction of sp³-hybridized carbons (Fsp3) is 0.850. The van der Waals surface area contributed by atoms with Crippen molar-refractivity contribution in [3.63, 3.8) is 0 Å².